The van der Waals surface area contributed by atoms with E-state index in [2.05, 4.69) is 47.4 Å². The van der Waals surface area contributed by atoms with Gasteiger partial charge >= 0.3 is 0 Å². The van der Waals surface area contributed by atoms with Gasteiger partial charge in [0.15, 0.2) is 0 Å². The third kappa shape index (κ3) is 2.85. The maximum Gasteiger partial charge on any atom is 0.254 e. The minimum Gasteiger partial charge on any atom is -0.332 e. The smallest absolute Gasteiger partial charge is 0.254 e. The maximum atomic E-state index is 13.1. The van der Waals surface area contributed by atoms with Gasteiger partial charge in [0.2, 0.25) is 0 Å². The van der Waals surface area contributed by atoms with Gasteiger partial charge < -0.3 is 4.90 Å². The summed E-state index contributed by atoms with van der Waals surface area (Å²) in [5.74, 6) is 0.678. The zero-order valence-electron chi connectivity index (χ0n) is 14.9. The first kappa shape index (κ1) is 16.6. The monoisotopic (exact) mass is 373 g/mol. The third-order valence-corrected chi connectivity index (χ3v) is 6.20. The molecule has 134 valence electrons. The summed E-state index contributed by atoms with van der Waals surface area (Å²) in [5, 5.41) is 0.656. The Morgan fingerprint density at radius 2 is 1.67 bits per heavy atom. The second kappa shape index (κ2) is 6.54. The first-order chi connectivity index (χ1) is 13.2. The quantitative estimate of drug-likeness (QED) is 0.533. The Morgan fingerprint density at radius 3 is 2.44 bits per heavy atom. The number of amides is 1. The second-order valence-electron chi connectivity index (χ2n) is 7.45. The lowest BCUT2D eigenvalue weighted by atomic mass is 9.94. The molecule has 2 atom stereocenters. The molecule has 1 saturated heterocycles. The molecule has 27 heavy (non-hydrogen) atoms. The molecule has 1 unspecified atom stereocenters. The summed E-state index contributed by atoms with van der Waals surface area (Å²) in [6.45, 7) is 0.812. The number of benzene rings is 3. The molecule has 3 aromatic rings. The van der Waals surface area contributed by atoms with Gasteiger partial charge in [-0.15, -0.1) is 0 Å². The van der Waals surface area contributed by atoms with Crippen LogP contribution in [0.1, 0.15) is 46.3 Å². The Balaban J connectivity index is 1.51. The molecule has 1 amide bonds. The van der Waals surface area contributed by atoms with E-state index in [1.54, 1.807) is 12.1 Å². The Bertz CT molecular complexity index is 997. The molecular weight excluding hydrogens is 354 g/mol. The van der Waals surface area contributed by atoms with Crippen LogP contribution in [0.3, 0.4) is 0 Å². The van der Waals surface area contributed by atoms with Gasteiger partial charge in [-0.2, -0.15) is 0 Å². The number of halogens is 1. The predicted molar refractivity (Wildman–Crippen MR) is 109 cm³/mol. The summed E-state index contributed by atoms with van der Waals surface area (Å²) in [5.41, 5.74) is 5.90. The van der Waals surface area contributed by atoms with Crippen LogP contribution < -0.4 is 0 Å². The van der Waals surface area contributed by atoms with Crippen LogP contribution in [-0.2, 0) is 0 Å². The zero-order valence-corrected chi connectivity index (χ0v) is 15.7. The molecule has 2 nitrogen and oxygen atoms in total. The summed E-state index contributed by atoms with van der Waals surface area (Å²) in [7, 11) is 0. The molecular formula is C24H20ClNO. The highest BCUT2D eigenvalue weighted by Crippen LogP contribution is 2.50. The van der Waals surface area contributed by atoms with Gasteiger partial charge in [-0.1, -0.05) is 54.1 Å². The van der Waals surface area contributed by atoms with Gasteiger partial charge in [0.1, 0.15) is 0 Å². The van der Waals surface area contributed by atoms with Crippen LogP contribution in [0.2, 0.25) is 5.02 Å². The van der Waals surface area contributed by atoms with Crippen LogP contribution in [0.5, 0.6) is 0 Å². The number of hydrogen-bond acceptors (Lipinski definition) is 1. The number of piperidine rings is 1. The van der Waals surface area contributed by atoms with Crippen LogP contribution >= 0.6 is 11.6 Å². The Morgan fingerprint density at radius 1 is 0.889 bits per heavy atom. The van der Waals surface area contributed by atoms with Crippen molar-refractivity contribution >= 4 is 17.5 Å². The normalized spacial score (nSPS) is 20.4. The lowest BCUT2D eigenvalue weighted by Gasteiger charge is -2.34. The molecule has 0 spiro atoms. The lowest BCUT2D eigenvalue weighted by molar-refractivity contribution is 0.0620. The Kier molecular flexibility index (Phi) is 4.02. The fraction of sp³-hybridized carbons (Fsp3) is 0.208. The van der Waals surface area contributed by atoms with Gasteiger partial charge in [-0.25, -0.2) is 0 Å². The fourth-order valence-electron chi connectivity index (χ4n) is 4.59. The average Bonchev–Trinajstić information content (AvgIpc) is 3.00. The second-order valence-corrected chi connectivity index (χ2v) is 7.89. The maximum absolute atomic E-state index is 13.1. The number of likely N-dealkylation sites (tertiary alicyclic amines) is 1. The zero-order chi connectivity index (χ0) is 18.4. The highest BCUT2D eigenvalue weighted by atomic mass is 35.5. The summed E-state index contributed by atoms with van der Waals surface area (Å²) in [4.78, 5) is 15.2. The minimum absolute atomic E-state index is 0.105. The molecule has 2 bridgehead atoms. The predicted octanol–water partition coefficient (Wildman–Crippen LogP) is 6.08. The largest absolute Gasteiger partial charge is 0.332 e. The molecule has 0 aromatic heterocycles. The van der Waals surface area contributed by atoms with Crippen molar-refractivity contribution in [2.75, 3.05) is 6.54 Å². The number of carbonyl (C=O) groups is 1. The van der Waals surface area contributed by atoms with Crippen molar-refractivity contribution in [1.82, 2.24) is 4.90 Å². The van der Waals surface area contributed by atoms with Crippen LogP contribution in [0, 0.1) is 0 Å². The van der Waals surface area contributed by atoms with E-state index in [1.807, 2.05) is 18.2 Å². The highest BCUT2D eigenvalue weighted by Gasteiger charge is 2.41. The number of hydrogen-bond donors (Lipinski definition) is 0. The molecule has 1 aliphatic carbocycles. The van der Waals surface area contributed by atoms with Crippen molar-refractivity contribution in [2.24, 2.45) is 0 Å². The molecule has 1 heterocycles. The van der Waals surface area contributed by atoms with Crippen molar-refractivity contribution < 1.29 is 4.79 Å². The van der Waals surface area contributed by atoms with Gasteiger partial charge in [-0.05, 0) is 71.3 Å². The van der Waals surface area contributed by atoms with Crippen molar-refractivity contribution in [1.29, 1.82) is 0 Å². The van der Waals surface area contributed by atoms with E-state index >= 15 is 0 Å². The molecule has 1 aliphatic heterocycles. The van der Waals surface area contributed by atoms with E-state index in [-0.39, 0.29) is 11.9 Å². The Labute approximate surface area is 164 Å². The number of rotatable bonds is 2. The topological polar surface area (TPSA) is 20.3 Å². The molecule has 0 N–H and O–H groups in total. The van der Waals surface area contributed by atoms with Crippen molar-refractivity contribution in [3.8, 4) is 11.1 Å². The fourth-order valence-corrected chi connectivity index (χ4v) is 4.72. The molecule has 2 aliphatic rings. The molecule has 5 rings (SSSR count). The number of fused-ring (bicyclic) bond motifs is 5. The number of nitrogens with zero attached hydrogens (tertiary/aromatic N) is 1. The van der Waals surface area contributed by atoms with E-state index in [9.17, 15) is 4.79 Å². The lowest BCUT2D eigenvalue weighted by Crippen LogP contribution is -2.37. The first-order valence-corrected chi connectivity index (χ1v) is 9.84. The molecule has 1 fully saturated rings. The molecule has 3 heteroatoms. The van der Waals surface area contributed by atoms with Gasteiger partial charge in [0.05, 0.1) is 6.04 Å². The van der Waals surface area contributed by atoms with Crippen molar-refractivity contribution in [3.63, 3.8) is 0 Å². The summed E-state index contributed by atoms with van der Waals surface area (Å²) < 4.78 is 0. The van der Waals surface area contributed by atoms with Crippen LogP contribution in [0.15, 0.2) is 72.8 Å². The molecule has 3 aromatic carbocycles. The SMILES string of the molecule is O=C(c1ccc(Cl)cc1)N1CC[C@@H]2CC1c1cc(-c3ccccc3)ccc12. The van der Waals surface area contributed by atoms with E-state index in [0.29, 0.717) is 16.5 Å². The molecule has 0 saturated carbocycles. The van der Waals surface area contributed by atoms with E-state index in [4.69, 9.17) is 11.6 Å². The summed E-state index contributed by atoms with van der Waals surface area (Å²) in [6, 6.07) is 24.6. The van der Waals surface area contributed by atoms with E-state index in [0.717, 1.165) is 19.4 Å². The van der Waals surface area contributed by atoms with Crippen molar-refractivity contribution in [3.05, 3.63) is 94.5 Å². The van der Waals surface area contributed by atoms with Gasteiger partial charge in [-0.3, -0.25) is 4.79 Å². The van der Waals surface area contributed by atoms with Crippen LogP contribution in [0.4, 0.5) is 0 Å². The number of carbonyl (C=O) groups excluding carboxylic acids is 1. The van der Waals surface area contributed by atoms with Crippen LogP contribution in [0.25, 0.3) is 11.1 Å². The van der Waals surface area contributed by atoms with Crippen molar-refractivity contribution in [2.45, 2.75) is 24.8 Å². The van der Waals surface area contributed by atoms with Gasteiger partial charge in [0, 0.05) is 17.1 Å². The average molecular weight is 374 g/mol. The van der Waals surface area contributed by atoms with Crippen LogP contribution in [-0.4, -0.2) is 17.4 Å². The highest BCUT2D eigenvalue weighted by molar-refractivity contribution is 6.30. The molecule has 0 radical (unpaired) electrons. The third-order valence-electron chi connectivity index (χ3n) is 5.95. The van der Waals surface area contributed by atoms with E-state index in [1.165, 1.54) is 22.3 Å². The minimum atomic E-state index is 0.105. The summed E-state index contributed by atoms with van der Waals surface area (Å²) >= 11 is 5.98. The summed E-state index contributed by atoms with van der Waals surface area (Å²) in [6.07, 6.45) is 2.07. The van der Waals surface area contributed by atoms with E-state index < -0.39 is 0 Å². The Hall–Kier alpha value is -2.58. The standard InChI is InChI=1S/C24H20ClNO/c25-20-9-6-17(7-10-20)24(27)26-13-12-19-15-23(26)22-14-18(8-11-21(19)22)16-4-2-1-3-5-16/h1-11,14,19,23H,12-13,15H2/t19-,23?/m1/s1. The van der Waals surface area contributed by atoms with Gasteiger partial charge in [0.25, 0.3) is 5.91 Å². The first-order valence-electron chi connectivity index (χ1n) is 9.46.